The fourth-order valence-electron chi connectivity index (χ4n) is 3.65. The molecule has 0 aliphatic carbocycles. The van der Waals surface area contributed by atoms with Gasteiger partial charge in [0.05, 0.1) is 19.6 Å². The zero-order chi connectivity index (χ0) is 18.0. The summed E-state index contributed by atoms with van der Waals surface area (Å²) in [5.41, 5.74) is 1.50. The highest BCUT2D eigenvalue weighted by atomic mass is 35.5. The molecule has 2 heteroatoms. The maximum absolute atomic E-state index is 2.31. The van der Waals surface area contributed by atoms with Gasteiger partial charge in [0.2, 0.25) is 0 Å². The third-order valence-electron chi connectivity index (χ3n) is 5.38. The molecule has 1 aromatic rings. The van der Waals surface area contributed by atoms with Crippen molar-refractivity contribution in [3.8, 4) is 0 Å². The number of hydrogen-bond donors (Lipinski definition) is 1. The first-order valence-corrected chi connectivity index (χ1v) is 11.2. The van der Waals surface area contributed by atoms with Crippen LogP contribution >= 0.6 is 0 Å². The van der Waals surface area contributed by atoms with Gasteiger partial charge < -0.3 is 17.3 Å². The van der Waals surface area contributed by atoms with Gasteiger partial charge in [0, 0.05) is 6.42 Å². The molecule has 0 heterocycles. The number of halogens is 1. The van der Waals surface area contributed by atoms with E-state index in [0.717, 1.165) is 0 Å². The molecule has 0 saturated carbocycles. The lowest BCUT2D eigenvalue weighted by atomic mass is 10.1. The Morgan fingerprint density at radius 3 is 1.58 bits per heavy atom. The molecule has 0 spiro atoms. The molecule has 1 atom stereocenters. The zero-order valence-corrected chi connectivity index (χ0v) is 18.3. The Morgan fingerprint density at radius 1 is 0.577 bits per heavy atom. The molecule has 152 valence electrons. The molecule has 0 fully saturated rings. The molecule has 1 nitrogen and oxygen atoms in total. The van der Waals surface area contributed by atoms with Gasteiger partial charge in [-0.2, -0.15) is 0 Å². The second-order valence-corrected chi connectivity index (χ2v) is 7.77. The Bertz CT molecular complexity index is 379. The second-order valence-electron chi connectivity index (χ2n) is 7.77. The summed E-state index contributed by atoms with van der Waals surface area (Å²) in [6.45, 7) is 8.68. The van der Waals surface area contributed by atoms with Crippen LogP contribution < -0.4 is 17.3 Å². The van der Waals surface area contributed by atoms with Crippen LogP contribution in [0.25, 0.3) is 0 Å². The van der Waals surface area contributed by atoms with Crippen LogP contribution in [0.15, 0.2) is 30.3 Å². The summed E-state index contributed by atoms with van der Waals surface area (Å²) in [6, 6.07) is 11.0. The molecule has 0 aliphatic rings. The summed E-state index contributed by atoms with van der Waals surface area (Å²) in [5, 5.41) is 0. The topological polar surface area (TPSA) is 4.44 Å². The Kier molecular flexibility index (Phi) is 18.8. The minimum absolute atomic E-state index is 0. The van der Waals surface area contributed by atoms with Gasteiger partial charge in [-0.3, -0.25) is 0 Å². The number of hydrogen-bond acceptors (Lipinski definition) is 0. The van der Waals surface area contributed by atoms with Gasteiger partial charge in [-0.1, -0.05) is 95.5 Å². The van der Waals surface area contributed by atoms with Crippen LogP contribution in [-0.2, 0) is 6.42 Å². The molecule has 0 saturated heterocycles. The van der Waals surface area contributed by atoms with Crippen LogP contribution in [0.3, 0.4) is 0 Å². The fourth-order valence-corrected chi connectivity index (χ4v) is 3.65. The molecule has 1 aromatic carbocycles. The van der Waals surface area contributed by atoms with Crippen LogP contribution in [0.4, 0.5) is 0 Å². The summed E-state index contributed by atoms with van der Waals surface area (Å²) in [4.78, 5) is 1.84. The molecular formula is C24H44ClN. The van der Waals surface area contributed by atoms with Crippen molar-refractivity contribution in [2.24, 2.45) is 0 Å². The average molecular weight is 382 g/mol. The number of nitrogens with one attached hydrogen (secondary N) is 1. The van der Waals surface area contributed by atoms with Crippen molar-refractivity contribution >= 4 is 0 Å². The van der Waals surface area contributed by atoms with Gasteiger partial charge in [0.25, 0.3) is 0 Å². The van der Waals surface area contributed by atoms with E-state index in [2.05, 4.69) is 44.2 Å². The quantitative estimate of drug-likeness (QED) is 0.396. The predicted octanol–water partition coefficient (Wildman–Crippen LogP) is 2.84. The van der Waals surface area contributed by atoms with Crippen molar-refractivity contribution in [3.63, 3.8) is 0 Å². The number of unbranched alkanes of at least 4 members (excludes halogenated alkanes) is 10. The van der Waals surface area contributed by atoms with E-state index in [9.17, 15) is 0 Å². The normalized spacial score (nSPS) is 11.9. The highest BCUT2D eigenvalue weighted by Crippen LogP contribution is 2.07. The minimum atomic E-state index is 0. The maximum Gasteiger partial charge on any atom is 0.0811 e. The van der Waals surface area contributed by atoms with E-state index in [-0.39, 0.29) is 12.4 Å². The lowest BCUT2D eigenvalue weighted by molar-refractivity contribution is -0.900. The largest absolute Gasteiger partial charge is 1.00 e. The monoisotopic (exact) mass is 381 g/mol. The van der Waals surface area contributed by atoms with Crippen molar-refractivity contribution < 1.29 is 17.3 Å². The van der Waals surface area contributed by atoms with Crippen molar-refractivity contribution in [1.82, 2.24) is 0 Å². The van der Waals surface area contributed by atoms with E-state index in [1.54, 1.807) is 0 Å². The number of quaternary nitrogens is 1. The number of rotatable bonds is 17. The minimum Gasteiger partial charge on any atom is -1.00 e. The van der Waals surface area contributed by atoms with Gasteiger partial charge in [-0.15, -0.1) is 0 Å². The molecule has 1 N–H and O–H groups in total. The highest BCUT2D eigenvalue weighted by molar-refractivity contribution is 5.14. The van der Waals surface area contributed by atoms with Crippen LogP contribution in [0, 0.1) is 0 Å². The third-order valence-corrected chi connectivity index (χ3v) is 5.38. The Morgan fingerprint density at radius 2 is 1.04 bits per heavy atom. The van der Waals surface area contributed by atoms with E-state index in [1.807, 2.05) is 4.90 Å². The lowest BCUT2D eigenvalue weighted by Gasteiger charge is -2.20. The molecule has 1 rings (SSSR count). The van der Waals surface area contributed by atoms with Crippen molar-refractivity contribution in [2.75, 3.05) is 19.6 Å². The zero-order valence-electron chi connectivity index (χ0n) is 17.6. The van der Waals surface area contributed by atoms with Gasteiger partial charge in [0.1, 0.15) is 0 Å². The van der Waals surface area contributed by atoms with Gasteiger partial charge in [-0.25, -0.2) is 0 Å². The first kappa shape index (κ1) is 25.5. The SMILES string of the molecule is CCCCCCCCCC[NH+](CCCCCC)CCc1ccccc1.[Cl-]. The maximum atomic E-state index is 2.31. The molecule has 1 unspecified atom stereocenters. The van der Waals surface area contributed by atoms with Gasteiger partial charge >= 0.3 is 0 Å². The van der Waals surface area contributed by atoms with Crippen LogP contribution in [-0.4, -0.2) is 19.6 Å². The molecular weight excluding hydrogens is 338 g/mol. The molecule has 26 heavy (non-hydrogen) atoms. The summed E-state index contributed by atoms with van der Waals surface area (Å²) >= 11 is 0. The lowest BCUT2D eigenvalue weighted by Crippen LogP contribution is -3.12. The molecule has 0 amide bonds. The average Bonchev–Trinajstić information content (AvgIpc) is 2.65. The van der Waals surface area contributed by atoms with E-state index in [1.165, 1.54) is 109 Å². The molecule has 0 aromatic heterocycles. The first-order chi connectivity index (χ1) is 12.4. The molecule has 0 aliphatic heterocycles. The first-order valence-electron chi connectivity index (χ1n) is 11.2. The standard InChI is InChI=1S/C24H43N.ClH/c1-3-5-7-9-10-11-12-17-22-25(21-16-8-6-4-2)23-20-24-18-14-13-15-19-24;/h13-15,18-19H,3-12,16-17,20-23H2,1-2H3;1H. The summed E-state index contributed by atoms with van der Waals surface area (Å²) < 4.78 is 0. The molecule has 0 bridgehead atoms. The predicted molar refractivity (Wildman–Crippen MR) is 112 cm³/mol. The van der Waals surface area contributed by atoms with Gasteiger partial charge in [-0.05, 0) is 31.2 Å². The smallest absolute Gasteiger partial charge is 0.0811 e. The van der Waals surface area contributed by atoms with Crippen LogP contribution in [0.2, 0.25) is 0 Å². The Balaban J connectivity index is 0.00000625. The van der Waals surface area contributed by atoms with E-state index < -0.39 is 0 Å². The van der Waals surface area contributed by atoms with E-state index >= 15 is 0 Å². The van der Waals surface area contributed by atoms with Gasteiger partial charge in [0.15, 0.2) is 0 Å². The second kappa shape index (κ2) is 19.2. The highest BCUT2D eigenvalue weighted by Gasteiger charge is 2.08. The van der Waals surface area contributed by atoms with Crippen LogP contribution in [0.5, 0.6) is 0 Å². The van der Waals surface area contributed by atoms with Crippen molar-refractivity contribution in [2.45, 2.75) is 97.3 Å². The van der Waals surface area contributed by atoms with Crippen molar-refractivity contribution in [3.05, 3.63) is 35.9 Å². The van der Waals surface area contributed by atoms with E-state index in [4.69, 9.17) is 0 Å². The van der Waals surface area contributed by atoms with E-state index in [0.29, 0.717) is 0 Å². The van der Waals surface area contributed by atoms with Crippen LogP contribution in [0.1, 0.15) is 96.5 Å². The summed E-state index contributed by atoms with van der Waals surface area (Å²) in [5.74, 6) is 0. The Labute approximate surface area is 170 Å². The summed E-state index contributed by atoms with van der Waals surface area (Å²) in [7, 11) is 0. The fraction of sp³-hybridized carbons (Fsp3) is 0.750. The van der Waals surface area contributed by atoms with Crippen molar-refractivity contribution in [1.29, 1.82) is 0 Å². The molecule has 0 radical (unpaired) electrons. The number of benzene rings is 1. The third kappa shape index (κ3) is 14.6. The summed E-state index contributed by atoms with van der Waals surface area (Å²) in [6.07, 6.45) is 18.3. The Hall–Kier alpha value is -0.530.